The minimum absolute atomic E-state index is 0.166. The van der Waals surface area contributed by atoms with Gasteiger partial charge in [0, 0.05) is 29.7 Å². The summed E-state index contributed by atoms with van der Waals surface area (Å²) in [4.78, 5) is 5.81. The van der Waals surface area contributed by atoms with Crippen molar-refractivity contribution >= 4 is 10.9 Å². The molecule has 3 rings (SSSR count). The number of benzene rings is 1. The van der Waals surface area contributed by atoms with Crippen LogP contribution >= 0.6 is 0 Å². The molecule has 2 heterocycles. The first kappa shape index (κ1) is 13.7. The maximum Gasteiger partial charge on any atom is 0.0692 e. The van der Waals surface area contributed by atoms with E-state index in [0.29, 0.717) is 6.04 Å². The van der Waals surface area contributed by atoms with E-state index < -0.39 is 0 Å². The Bertz CT molecular complexity index is 563. The summed E-state index contributed by atoms with van der Waals surface area (Å²) in [5.74, 6) is 0. The van der Waals surface area contributed by atoms with Gasteiger partial charge in [-0.1, -0.05) is 25.1 Å². The number of nitrogens with one attached hydrogen (secondary N) is 1. The van der Waals surface area contributed by atoms with Crippen molar-refractivity contribution in [2.45, 2.75) is 44.8 Å². The number of hydrogen-bond donors (Lipinski definition) is 2. The van der Waals surface area contributed by atoms with Crippen molar-refractivity contribution < 1.29 is 5.11 Å². The van der Waals surface area contributed by atoms with Crippen LogP contribution in [0.3, 0.4) is 0 Å². The molecular weight excluding hydrogens is 248 g/mol. The summed E-state index contributed by atoms with van der Waals surface area (Å²) in [6.07, 6.45) is 6.23. The molecule has 0 radical (unpaired) electrons. The summed E-state index contributed by atoms with van der Waals surface area (Å²) < 4.78 is 0. The van der Waals surface area contributed by atoms with Gasteiger partial charge in [-0.2, -0.15) is 0 Å². The minimum Gasteiger partial charge on any atom is -0.392 e. The molecule has 1 aliphatic heterocycles. The Balaban J connectivity index is 1.67. The molecule has 1 saturated heterocycles. The molecule has 2 N–H and O–H groups in total. The number of aromatic nitrogens is 1. The predicted octanol–water partition coefficient (Wildman–Crippen LogP) is 2.95. The fraction of sp³-hybridized carbons (Fsp3) is 0.529. The van der Waals surface area contributed by atoms with Gasteiger partial charge in [0.1, 0.15) is 0 Å². The maximum absolute atomic E-state index is 10.1. The van der Waals surface area contributed by atoms with Crippen LogP contribution in [0, 0.1) is 0 Å². The number of aromatic amines is 1. The lowest BCUT2D eigenvalue weighted by Crippen LogP contribution is -2.39. The zero-order chi connectivity index (χ0) is 13.9. The molecular formula is C17H24N2O. The average molecular weight is 272 g/mol. The molecule has 0 unspecified atom stereocenters. The molecule has 0 amide bonds. The molecule has 0 bridgehead atoms. The number of rotatable bonds is 5. The van der Waals surface area contributed by atoms with Crippen molar-refractivity contribution in [1.82, 2.24) is 9.88 Å². The van der Waals surface area contributed by atoms with E-state index in [4.69, 9.17) is 0 Å². The zero-order valence-electron chi connectivity index (χ0n) is 12.2. The van der Waals surface area contributed by atoms with Crippen molar-refractivity contribution in [3.63, 3.8) is 0 Å². The number of aliphatic hydroxyl groups excluding tert-OH is 1. The lowest BCUT2D eigenvalue weighted by molar-refractivity contribution is 0.0707. The Morgan fingerprint density at radius 3 is 3.10 bits per heavy atom. The van der Waals surface area contributed by atoms with Crippen molar-refractivity contribution in [3.05, 3.63) is 36.0 Å². The number of hydrogen-bond acceptors (Lipinski definition) is 2. The molecule has 20 heavy (non-hydrogen) atoms. The summed E-state index contributed by atoms with van der Waals surface area (Å²) >= 11 is 0. The Kier molecular flexibility index (Phi) is 4.08. The van der Waals surface area contributed by atoms with Crippen LogP contribution < -0.4 is 0 Å². The Hall–Kier alpha value is -1.32. The average Bonchev–Trinajstić information content (AvgIpc) is 3.11. The highest BCUT2D eigenvalue weighted by Gasteiger charge is 2.29. The highest BCUT2D eigenvalue weighted by molar-refractivity contribution is 5.83. The van der Waals surface area contributed by atoms with E-state index in [0.717, 1.165) is 32.4 Å². The van der Waals surface area contributed by atoms with Crippen molar-refractivity contribution in [3.8, 4) is 0 Å². The zero-order valence-corrected chi connectivity index (χ0v) is 12.2. The van der Waals surface area contributed by atoms with Crippen LogP contribution in [-0.4, -0.2) is 40.2 Å². The normalized spacial score (nSPS) is 21.6. The number of H-pyrrole nitrogens is 1. The topological polar surface area (TPSA) is 39.3 Å². The van der Waals surface area contributed by atoms with Crippen molar-refractivity contribution in [1.29, 1.82) is 0 Å². The Morgan fingerprint density at radius 1 is 1.40 bits per heavy atom. The van der Waals surface area contributed by atoms with Gasteiger partial charge in [-0.05, 0) is 43.9 Å². The number of para-hydroxylation sites is 1. The monoisotopic (exact) mass is 272 g/mol. The molecule has 1 aliphatic rings. The summed E-state index contributed by atoms with van der Waals surface area (Å²) in [6, 6.07) is 8.84. The van der Waals surface area contributed by atoms with Gasteiger partial charge in [0.25, 0.3) is 0 Å². The number of likely N-dealkylation sites (tertiary alicyclic amines) is 1. The van der Waals surface area contributed by atoms with Gasteiger partial charge in [0.15, 0.2) is 0 Å². The third-order valence-corrected chi connectivity index (χ3v) is 4.62. The predicted molar refractivity (Wildman–Crippen MR) is 82.9 cm³/mol. The SMILES string of the molecule is CC[C@@H](O)[C@@H]1CCCN1CCc1c[nH]c2ccccc12. The standard InChI is InChI=1S/C17H24N2O/c1-2-17(20)16-8-5-10-19(16)11-9-13-12-18-15-7-4-3-6-14(13)15/h3-4,6-7,12,16-18,20H,2,5,8-11H2,1H3/t16-,17+/m0/s1. The van der Waals surface area contributed by atoms with Crippen LogP contribution in [0.5, 0.6) is 0 Å². The highest BCUT2D eigenvalue weighted by atomic mass is 16.3. The van der Waals surface area contributed by atoms with Crippen LogP contribution in [0.2, 0.25) is 0 Å². The lowest BCUT2D eigenvalue weighted by atomic mass is 10.1. The van der Waals surface area contributed by atoms with Crippen LogP contribution in [-0.2, 0) is 6.42 Å². The first-order valence-corrected chi connectivity index (χ1v) is 7.76. The third-order valence-electron chi connectivity index (χ3n) is 4.62. The second-order valence-corrected chi connectivity index (χ2v) is 5.83. The molecule has 0 spiro atoms. The number of aliphatic hydroxyl groups is 1. The number of fused-ring (bicyclic) bond motifs is 1. The molecule has 3 nitrogen and oxygen atoms in total. The summed E-state index contributed by atoms with van der Waals surface area (Å²) in [7, 11) is 0. The van der Waals surface area contributed by atoms with Gasteiger partial charge in [0.2, 0.25) is 0 Å². The van der Waals surface area contributed by atoms with Crippen molar-refractivity contribution in [2.75, 3.05) is 13.1 Å². The smallest absolute Gasteiger partial charge is 0.0692 e. The maximum atomic E-state index is 10.1. The molecule has 2 atom stereocenters. The molecule has 0 aliphatic carbocycles. The molecule has 0 saturated carbocycles. The molecule has 108 valence electrons. The molecule has 1 aromatic carbocycles. The largest absolute Gasteiger partial charge is 0.392 e. The lowest BCUT2D eigenvalue weighted by Gasteiger charge is -2.27. The van der Waals surface area contributed by atoms with E-state index in [1.54, 1.807) is 0 Å². The Labute approximate surface area is 120 Å². The summed E-state index contributed by atoms with van der Waals surface area (Å²) in [5.41, 5.74) is 2.60. The van der Waals surface area contributed by atoms with Gasteiger partial charge in [-0.25, -0.2) is 0 Å². The number of nitrogens with zero attached hydrogens (tertiary/aromatic N) is 1. The Morgan fingerprint density at radius 2 is 2.25 bits per heavy atom. The van der Waals surface area contributed by atoms with E-state index >= 15 is 0 Å². The highest BCUT2D eigenvalue weighted by Crippen LogP contribution is 2.23. The van der Waals surface area contributed by atoms with E-state index in [9.17, 15) is 5.11 Å². The van der Waals surface area contributed by atoms with E-state index in [1.807, 2.05) is 0 Å². The van der Waals surface area contributed by atoms with Crippen LogP contribution in [0.25, 0.3) is 10.9 Å². The first-order chi connectivity index (χ1) is 9.79. The summed E-state index contributed by atoms with van der Waals surface area (Å²) in [5, 5.41) is 11.4. The second kappa shape index (κ2) is 5.98. The second-order valence-electron chi connectivity index (χ2n) is 5.83. The van der Waals surface area contributed by atoms with Gasteiger partial charge in [-0.15, -0.1) is 0 Å². The van der Waals surface area contributed by atoms with Gasteiger partial charge >= 0.3 is 0 Å². The van der Waals surface area contributed by atoms with Crippen LogP contribution in [0.4, 0.5) is 0 Å². The van der Waals surface area contributed by atoms with Crippen LogP contribution in [0.15, 0.2) is 30.5 Å². The van der Waals surface area contributed by atoms with Gasteiger partial charge in [0.05, 0.1) is 6.10 Å². The van der Waals surface area contributed by atoms with Gasteiger partial charge in [-0.3, -0.25) is 4.90 Å². The minimum atomic E-state index is -0.166. The van der Waals surface area contributed by atoms with E-state index in [1.165, 1.54) is 22.9 Å². The summed E-state index contributed by atoms with van der Waals surface area (Å²) in [6.45, 7) is 4.24. The van der Waals surface area contributed by atoms with Crippen LogP contribution in [0.1, 0.15) is 31.7 Å². The third kappa shape index (κ3) is 2.60. The van der Waals surface area contributed by atoms with E-state index in [2.05, 4.69) is 47.3 Å². The fourth-order valence-corrected chi connectivity index (χ4v) is 3.44. The van der Waals surface area contributed by atoms with Crippen molar-refractivity contribution in [2.24, 2.45) is 0 Å². The molecule has 3 heteroatoms. The molecule has 1 fully saturated rings. The van der Waals surface area contributed by atoms with E-state index in [-0.39, 0.29) is 6.10 Å². The molecule has 2 aromatic rings. The fourth-order valence-electron chi connectivity index (χ4n) is 3.44. The van der Waals surface area contributed by atoms with Gasteiger partial charge < -0.3 is 10.1 Å². The quantitative estimate of drug-likeness (QED) is 0.878. The molecule has 1 aromatic heterocycles. The first-order valence-electron chi connectivity index (χ1n) is 7.76.